The fourth-order valence-electron chi connectivity index (χ4n) is 21.4. The number of hydrogen-bond donors (Lipinski definition) is 0. The summed E-state index contributed by atoms with van der Waals surface area (Å²) in [5, 5.41) is 3.42. The Hall–Kier alpha value is 0.860. The van der Waals surface area contributed by atoms with Crippen LogP contribution < -0.4 is 0 Å². The Morgan fingerprint density at radius 1 is 0.286 bits per heavy atom. The molecule has 17 aliphatic rings. The third kappa shape index (κ3) is 4.71. The second kappa shape index (κ2) is 10.8. The van der Waals surface area contributed by atoms with Crippen LogP contribution in [0.2, 0.25) is 0 Å². The van der Waals surface area contributed by atoms with Gasteiger partial charge in [0.05, 0.1) is 0 Å². The highest BCUT2D eigenvalue weighted by Gasteiger charge is 2.65. The first-order chi connectivity index (χ1) is 23.9. The summed E-state index contributed by atoms with van der Waals surface area (Å²) in [6.07, 6.45) is 49.3. The molecule has 49 heavy (non-hydrogen) atoms. The van der Waals surface area contributed by atoms with Crippen LogP contribution >= 0.6 is 15.8 Å². The Labute approximate surface area is 303 Å². The molecule has 0 heterocycles. The van der Waals surface area contributed by atoms with Gasteiger partial charge in [0.1, 0.15) is 0 Å². The van der Waals surface area contributed by atoms with Crippen LogP contribution in [0.25, 0.3) is 0 Å². The first-order valence-corrected chi connectivity index (χ1v) is 26.5. The largest absolute Gasteiger partial charge is 0.0936 e. The van der Waals surface area contributed by atoms with Gasteiger partial charge < -0.3 is 0 Å². The van der Waals surface area contributed by atoms with Gasteiger partial charge >= 0.3 is 0 Å². The lowest BCUT2D eigenvalue weighted by atomic mass is 9.55. The predicted molar refractivity (Wildman–Crippen MR) is 208 cm³/mol. The van der Waals surface area contributed by atoms with Crippen molar-refractivity contribution < 1.29 is 0 Å². The van der Waals surface area contributed by atoms with Crippen LogP contribution in [0.5, 0.6) is 0 Å². The Morgan fingerprint density at radius 3 is 0.653 bits per heavy atom. The van der Waals surface area contributed by atoms with Gasteiger partial charge in [-0.1, -0.05) is 22.3 Å². The molecule has 0 N–H and O–H groups in total. The molecular formula is C47H72P2. The van der Waals surface area contributed by atoms with E-state index >= 15 is 0 Å². The van der Waals surface area contributed by atoms with Crippen molar-refractivity contribution in [3.05, 3.63) is 0 Å². The summed E-state index contributed by atoms with van der Waals surface area (Å²) in [5.74, 6) is 16.2. The molecular weight excluding hydrogens is 626 g/mol. The van der Waals surface area contributed by atoms with Gasteiger partial charge in [0.2, 0.25) is 0 Å². The third-order valence-electron chi connectivity index (χ3n) is 21.0. The minimum Gasteiger partial charge on any atom is -0.0936 e. The summed E-state index contributed by atoms with van der Waals surface area (Å²) in [4.78, 5) is 0. The maximum absolute atomic E-state index is 1.81. The first kappa shape index (κ1) is 31.1. The molecule has 0 aromatic rings. The SMILES string of the molecule is C1C[C@H](CP(C23CC4CC(CC(C4)C2)C3)C23CC4CC(CC(C4)C2)C3)[C@H](CP(C23CC4CC(CC(C4)C2)C3)C23CC4CC(CC(C4)C2)C3)C1. The smallest absolute Gasteiger partial charge is 0.00814 e. The molecule has 0 aromatic carbocycles. The number of hydrogen-bond acceptors (Lipinski definition) is 0. The van der Waals surface area contributed by atoms with E-state index in [2.05, 4.69) is 0 Å². The van der Waals surface area contributed by atoms with Crippen LogP contribution in [0.3, 0.4) is 0 Å². The Kier molecular flexibility index (Phi) is 6.85. The van der Waals surface area contributed by atoms with E-state index in [9.17, 15) is 0 Å². The average molecular weight is 699 g/mol. The van der Waals surface area contributed by atoms with Crippen LogP contribution in [0.15, 0.2) is 0 Å². The van der Waals surface area contributed by atoms with E-state index < -0.39 is 0 Å². The average Bonchev–Trinajstić information content (AvgIpc) is 3.46. The van der Waals surface area contributed by atoms with E-state index in [4.69, 9.17) is 0 Å². The molecule has 16 bridgehead atoms. The van der Waals surface area contributed by atoms with Gasteiger partial charge in [-0.3, -0.25) is 0 Å². The van der Waals surface area contributed by atoms with Crippen LogP contribution in [-0.2, 0) is 0 Å². The van der Waals surface area contributed by atoms with Gasteiger partial charge in [-0.25, -0.2) is 0 Å². The molecule has 0 unspecified atom stereocenters. The van der Waals surface area contributed by atoms with Crippen molar-refractivity contribution in [2.75, 3.05) is 12.3 Å². The van der Waals surface area contributed by atoms with E-state index in [-0.39, 0.29) is 15.8 Å². The second-order valence-corrected chi connectivity index (χ2v) is 30.5. The third-order valence-corrected chi connectivity index (χ3v) is 29.4. The molecule has 17 aliphatic carbocycles. The summed E-state index contributed by atoms with van der Waals surface area (Å²) < 4.78 is 0. The first-order valence-electron chi connectivity index (χ1n) is 23.4. The maximum Gasteiger partial charge on any atom is -0.00814 e. The molecule has 0 aliphatic heterocycles. The maximum atomic E-state index is 1.81. The van der Waals surface area contributed by atoms with Crippen LogP contribution in [-0.4, -0.2) is 32.9 Å². The standard InChI is InChI=1S/C47H72P2/c1-2-42(28-48(44-16-30-4-31(17-44)6-32(5-30)18-44)45-19-33-7-34(20-45)9-35(8-33)21-45)43(3-1)29-49(46-22-36-10-37(23-46)12-38(11-36)24-46)47-25-39-13-40(26-47)15-41(14-39)27-47/h30-43H,1-29H2/t30?,31?,32?,33?,34?,35?,36?,37?,38?,39?,40?,41?,42-,43+,44?,45?,46?,47?,48?,49?. The molecule has 17 saturated carbocycles. The molecule has 0 saturated heterocycles. The summed E-state index contributed by atoms with van der Waals surface area (Å²) in [5.41, 5.74) is 0. The van der Waals surface area contributed by atoms with Crippen LogP contribution in [0, 0.1) is 82.9 Å². The summed E-state index contributed by atoms with van der Waals surface area (Å²) in [6.45, 7) is 0. The fourth-order valence-corrected chi connectivity index (χ4v) is 32.6. The van der Waals surface area contributed by atoms with Crippen molar-refractivity contribution in [3.63, 3.8) is 0 Å². The Balaban J connectivity index is 0.859. The molecule has 0 radical (unpaired) electrons. The van der Waals surface area contributed by atoms with Crippen molar-refractivity contribution in [1.29, 1.82) is 0 Å². The van der Waals surface area contributed by atoms with Crippen molar-refractivity contribution in [2.45, 2.75) is 194 Å². The molecule has 0 aromatic heterocycles. The topological polar surface area (TPSA) is 0 Å². The van der Waals surface area contributed by atoms with Gasteiger partial charge in [-0.05, 0) is 283 Å². The zero-order valence-corrected chi connectivity index (χ0v) is 33.3. The van der Waals surface area contributed by atoms with Gasteiger partial charge in [0, 0.05) is 0 Å². The van der Waals surface area contributed by atoms with E-state index in [1.165, 1.54) is 0 Å². The molecule has 2 heteroatoms. The lowest BCUT2D eigenvalue weighted by molar-refractivity contribution is 0.0175. The lowest BCUT2D eigenvalue weighted by Crippen LogP contribution is -2.57. The highest BCUT2D eigenvalue weighted by Crippen LogP contribution is 2.82. The molecule has 0 amide bonds. The lowest BCUT2D eigenvalue weighted by Gasteiger charge is -2.68. The summed E-state index contributed by atoms with van der Waals surface area (Å²) in [6, 6.07) is 0. The molecule has 17 rings (SSSR count). The van der Waals surface area contributed by atoms with E-state index in [1.807, 2.05) is 12.3 Å². The summed E-state index contributed by atoms with van der Waals surface area (Å²) in [7, 11) is 0.363. The molecule has 0 spiro atoms. The van der Waals surface area contributed by atoms with Crippen molar-refractivity contribution in [3.8, 4) is 0 Å². The van der Waals surface area contributed by atoms with Gasteiger partial charge in [-0.15, -0.1) is 0 Å². The fraction of sp³-hybridized carbons (Fsp3) is 1.00. The zero-order chi connectivity index (χ0) is 31.7. The van der Waals surface area contributed by atoms with Crippen LogP contribution in [0.1, 0.15) is 173 Å². The van der Waals surface area contributed by atoms with Gasteiger partial charge in [0.15, 0.2) is 0 Å². The normalized spacial score (nSPS) is 62.4. The molecule has 2 atom stereocenters. The van der Waals surface area contributed by atoms with Crippen molar-refractivity contribution >= 4 is 15.8 Å². The quantitative estimate of drug-likeness (QED) is 0.221. The van der Waals surface area contributed by atoms with Crippen LogP contribution in [0.4, 0.5) is 0 Å². The van der Waals surface area contributed by atoms with Gasteiger partial charge in [0.25, 0.3) is 0 Å². The van der Waals surface area contributed by atoms with Gasteiger partial charge in [-0.2, -0.15) is 0 Å². The van der Waals surface area contributed by atoms with E-state index in [0.717, 1.165) is 103 Å². The van der Waals surface area contributed by atoms with E-state index in [1.54, 1.807) is 173 Å². The van der Waals surface area contributed by atoms with Crippen molar-refractivity contribution in [1.82, 2.24) is 0 Å². The zero-order valence-electron chi connectivity index (χ0n) is 31.5. The van der Waals surface area contributed by atoms with Crippen molar-refractivity contribution in [2.24, 2.45) is 82.9 Å². The minimum absolute atomic E-state index is 0.182. The highest BCUT2D eigenvalue weighted by molar-refractivity contribution is 7.61. The monoisotopic (exact) mass is 699 g/mol. The van der Waals surface area contributed by atoms with E-state index in [0.29, 0.717) is 0 Å². The summed E-state index contributed by atoms with van der Waals surface area (Å²) >= 11 is 0. The highest BCUT2D eigenvalue weighted by atomic mass is 31.1. The Morgan fingerprint density at radius 2 is 0.469 bits per heavy atom. The predicted octanol–water partition coefficient (Wildman–Crippen LogP) is 13.2. The molecule has 0 nitrogen and oxygen atoms in total. The number of rotatable bonds is 8. The second-order valence-electron chi connectivity index (χ2n) is 24.2. The molecule has 270 valence electrons. The molecule has 17 fully saturated rings. The Bertz CT molecular complexity index is 1010. The minimum atomic E-state index is 0.182.